The van der Waals surface area contributed by atoms with Crippen molar-refractivity contribution in [3.63, 3.8) is 0 Å². The second-order valence-electron chi connectivity index (χ2n) is 8.73. The van der Waals surface area contributed by atoms with E-state index >= 15 is 0 Å². The van der Waals surface area contributed by atoms with Crippen molar-refractivity contribution in [2.45, 2.75) is 19.4 Å². The van der Waals surface area contributed by atoms with E-state index in [0.29, 0.717) is 0 Å². The minimum atomic E-state index is 0. The lowest BCUT2D eigenvalue weighted by Gasteiger charge is -2.50. The fourth-order valence-corrected chi connectivity index (χ4v) is 5.14. The first-order valence-electron chi connectivity index (χ1n) is 9.82. The molecule has 0 saturated carbocycles. The predicted octanol–water partition coefficient (Wildman–Crippen LogP) is -4.20. The summed E-state index contributed by atoms with van der Waals surface area (Å²) < 4.78 is 2.53. The second-order valence-corrected chi connectivity index (χ2v) is 8.73. The van der Waals surface area contributed by atoms with Gasteiger partial charge in [0.1, 0.15) is 19.9 Å². The molecule has 0 radical (unpaired) electrons. The van der Waals surface area contributed by atoms with Crippen molar-refractivity contribution >= 4 is 0 Å². The predicted molar refractivity (Wildman–Crippen MR) is 98.2 cm³/mol. The zero-order valence-electron chi connectivity index (χ0n) is 16.1. The van der Waals surface area contributed by atoms with E-state index in [1.54, 1.807) is 0 Å². The number of rotatable bonds is 2. The smallest absolute Gasteiger partial charge is 0.135 e. The molecular weight excluding hydrogens is 459 g/mol. The SMILES string of the molecule is C[N+]12CCCN(CC[N+]3(Cc4ccccc4)CCCN(CC1)C3)C2.[Cl-].[I-]. The van der Waals surface area contributed by atoms with Crippen LogP contribution in [0, 0.1) is 0 Å². The van der Waals surface area contributed by atoms with E-state index in [2.05, 4.69) is 47.2 Å². The molecule has 0 spiro atoms. The van der Waals surface area contributed by atoms with Crippen LogP contribution in [0.1, 0.15) is 18.4 Å². The molecular formula is C20H34ClIN4. The van der Waals surface area contributed by atoms with Crippen LogP contribution >= 0.6 is 0 Å². The highest BCUT2D eigenvalue weighted by molar-refractivity contribution is 5.13. The third kappa shape index (κ3) is 5.32. The van der Waals surface area contributed by atoms with Gasteiger partial charge in [-0.3, -0.25) is 9.80 Å². The lowest BCUT2D eigenvalue weighted by molar-refractivity contribution is -0.961. The summed E-state index contributed by atoms with van der Waals surface area (Å²) in [5.74, 6) is 0. The maximum absolute atomic E-state index is 2.76. The summed E-state index contributed by atoms with van der Waals surface area (Å²) in [4.78, 5) is 5.51. The Morgan fingerprint density at radius 1 is 0.808 bits per heavy atom. The van der Waals surface area contributed by atoms with Gasteiger partial charge in [0.25, 0.3) is 0 Å². The lowest BCUT2D eigenvalue weighted by Crippen LogP contribution is -3.00. The Morgan fingerprint density at radius 3 is 2.23 bits per heavy atom. The molecule has 4 rings (SSSR count). The first kappa shape index (κ1) is 22.4. The molecule has 3 saturated heterocycles. The van der Waals surface area contributed by atoms with Gasteiger partial charge in [-0.25, -0.2) is 0 Å². The molecule has 1 aromatic rings. The highest BCUT2D eigenvalue weighted by atomic mass is 127. The van der Waals surface area contributed by atoms with Crippen LogP contribution in [0.2, 0.25) is 0 Å². The van der Waals surface area contributed by atoms with E-state index in [1.807, 2.05) is 0 Å². The highest BCUT2D eigenvalue weighted by Crippen LogP contribution is 2.24. The summed E-state index contributed by atoms with van der Waals surface area (Å²) in [5, 5.41) is 0. The second kappa shape index (κ2) is 9.52. The third-order valence-electron chi connectivity index (χ3n) is 6.53. The molecule has 4 nitrogen and oxygen atoms in total. The van der Waals surface area contributed by atoms with Crippen LogP contribution in [0.15, 0.2) is 30.3 Å². The maximum Gasteiger partial charge on any atom is 0.135 e. The van der Waals surface area contributed by atoms with Gasteiger partial charge < -0.3 is 45.3 Å². The van der Waals surface area contributed by atoms with Crippen molar-refractivity contribution in [3.8, 4) is 0 Å². The number of fused-ring (bicyclic) bond motifs is 4. The normalized spacial score (nSPS) is 37.0. The number of hydrogen-bond donors (Lipinski definition) is 0. The van der Waals surface area contributed by atoms with Gasteiger partial charge in [0.15, 0.2) is 0 Å². The van der Waals surface area contributed by atoms with Crippen LogP contribution < -0.4 is 36.4 Å². The van der Waals surface area contributed by atoms with Crippen molar-refractivity contribution in [3.05, 3.63) is 35.9 Å². The summed E-state index contributed by atoms with van der Waals surface area (Å²) in [6, 6.07) is 11.2. The van der Waals surface area contributed by atoms with E-state index in [0.717, 1.165) is 0 Å². The first-order chi connectivity index (χ1) is 11.6. The summed E-state index contributed by atoms with van der Waals surface area (Å²) >= 11 is 0. The quantitative estimate of drug-likeness (QED) is 0.305. The van der Waals surface area contributed by atoms with Gasteiger partial charge in [0.2, 0.25) is 0 Å². The van der Waals surface area contributed by atoms with Crippen LogP contribution in [-0.2, 0) is 6.54 Å². The average molecular weight is 493 g/mol. The van der Waals surface area contributed by atoms with E-state index < -0.39 is 0 Å². The molecule has 1 aromatic carbocycles. The monoisotopic (exact) mass is 492 g/mol. The van der Waals surface area contributed by atoms with Crippen LogP contribution in [0.25, 0.3) is 0 Å². The molecule has 4 bridgehead atoms. The van der Waals surface area contributed by atoms with Crippen molar-refractivity contribution in [1.29, 1.82) is 0 Å². The van der Waals surface area contributed by atoms with Gasteiger partial charge >= 0.3 is 0 Å². The Morgan fingerprint density at radius 2 is 1.46 bits per heavy atom. The van der Waals surface area contributed by atoms with Crippen LogP contribution in [-0.4, -0.2) is 91.5 Å². The van der Waals surface area contributed by atoms with E-state index in [4.69, 9.17) is 0 Å². The Bertz CT molecular complexity index is 560. The maximum atomic E-state index is 2.76. The fourth-order valence-electron chi connectivity index (χ4n) is 5.14. The van der Waals surface area contributed by atoms with Gasteiger partial charge in [-0.05, 0) is 0 Å². The van der Waals surface area contributed by atoms with Crippen molar-refractivity contribution in [2.75, 3.05) is 72.7 Å². The third-order valence-corrected chi connectivity index (χ3v) is 6.53. The minimum absolute atomic E-state index is 0. The van der Waals surface area contributed by atoms with Crippen molar-refractivity contribution in [2.24, 2.45) is 0 Å². The van der Waals surface area contributed by atoms with Crippen LogP contribution in [0.3, 0.4) is 0 Å². The van der Waals surface area contributed by atoms with Gasteiger partial charge in [-0.15, -0.1) is 0 Å². The number of nitrogens with zero attached hydrogens (tertiary/aromatic N) is 4. The molecule has 3 heterocycles. The number of halogens is 2. The molecule has 3 fully saturated rings. The largest absolute Gasteiger partial charge is 1.00 e. The van der Waals surface area contributed by atoms with Crippen molar-refractivity contribution in [1.82, 2.24) is 9.80 Å². The van der Waals surface area contributed by atoms with Gasteiger partial charge in [0.05, 0.1) is 46.3 Å². The highest BCUT2D eigenvalue weighted by Gasteiger charge is 2.38. The fraction of sp³-hybridized carbons (Fsp3) is 0.700. The van der Waals surface area contributed by atoms with Gasteiger partial charge in [0, 0.05) is 31.5 Å². The van der Waals surface area contributed by atoms with E-state index in [-0.39, 0.29) is 36.4 Å². The summed E-state index contributed by atoms with van der Waals surface area (Å²) in [6.07, 6.45) is 2.73. The number of quaternary nitrogens is 2. The molecule has 4 atom stereocenters. The molecule has 0 amide bonds. The molecule has 0 aromatic heterocycles. The lowest BCUT2D eigenvalue weighted by atomic mass is 10.1. The van der Waals surface area contributed by atoms with Gasteiger partial charge in [-0.1, -0.05) is 30.3 Å². The molecule has 3 aliphatic rings. The topological polar surface area (TPSA) is 6.48 Å². The molecule has 0 aliphatic carbocycles. The molecule has 6 heteroatoms. The average Bonchev–Trinajstić information content (AvgIpc) is 2.59. The standard InChI is InChI=1S/C20H34N4.ClH.HI/c1-23-13-5-9-21(18-23)12-16-24(17-20-7-3-2-4-8-20)14-6-10-22(19-24)11-15-23;;/h2-4,7-8H,5-6,9-19H2,1H3;2*1H/q+2;;/p-2. The van der Waals surface area contributed by atoms with E-state index in [9.17, 15) is 0 Å². The molecule has 148 valence electrons. The Balaban J connectivity index is 0.00000121. The number of benzene rings is 1. The zero-order chi connectivity index (χ0) is 16.5. The Hall–Kier alpha value is 0.0800. The summed E-state index contributed by atoms with van der Waals surface area (Å²) in [5.41, 5.74) is 1.51. The molecule has 0 N–H and O–H groups in total. The minimum Gasteiger partial charge on any atom is -1.00 e. The summed E-state index contributed by atoms with van der Waals surface area (Å²) in [7, 11) is 2.48. The van der Waals surface area contributed by atoms with Gasteiger partial charge in [-0.2, -0.15) is 0 Å². The van der Waals surface area contributed by atoms with Crippen LogP contribution in [0.5, 0.6) is 0 Å². The van der Waals surface area contributed by atoms with Crippen molar-refractivity contribution < 1.29 is 45.3 Å². The zero-order valence-corrected chi connectivity index (χ0v) is 19.0. The number of likely N-dealkylation sites (N-methyl/N-ethyl adjacent to an activating group) is 1. The Kier molecular flexibility index (Phi) is 8.19. The summed E-state index contributed by atoms with van der Waals surface area (Å²) in [6.45, 7) is 14.2. The molecule has 26 heavy (non-hydrogen) atoms. The first-order valence-corrected chi connectivity index (χ1v) is 9.82. The van der Waals surface area contributed by atoms with Crippen LogP contribution in [0.4, 0.5) is 0 Å². The molecule has 4 unspecified atom stereocenters. The number of hydrogen-bond acceptors (Lipinski definition) is 2. The van der Waals surface area contributed by atoms with E-state index in [1.165, 1.54) is 99.6 Å². The Labute approximate surface area is 182 Å². The molecule has 3 aliphatic heterocycles.